The maximum absolute atomic E-state index is 10.7. The van der Waals surface area contributed by atoms with E-state index in [0.29, 0.717) is 0 Å². The molecule has 0 aliphatic heterocycles. The summed E-state index contributed by atoms with van der Waals surface area (Å²) in [5.41, 5.74) is 1.17. The number of thiophene rings is 2. The predicted octanol–water partition coefficient (Wildman–Crippen LogP) is 4.52. The van der Waals surface area contributed by atoms with Gasteiger partial charge in [0.2, 0.25) is 0 Å². The Kier molecular flexibility index (Phi) is 5.44. The second-order valence-corrected chi connectivity index (χ2v) is 6.21. The molecule has 0 atom stereocenters. The Labute approximate surface area is 115 Å². The normalized spacial score (nSPS) is 9.56. The van der Waals surface area contributed by atoms with E-state index >= 15 is 0 Å². The quantitative estimate of drug-likeness (QED) is 0.758. The fourth-order valence-electron chi connectivity index (χ4n) is 1.24. The summed E-state index contributed by atoms with van der Waals surface area (Å²) in [6.07, 6.45) is 0. The third kappa shape index (κ3) is 4.55. The van der Waals surface area contributed by atoms with E-state index in [9.17, 15) is 9.59 Å². The molecule has 0 aliphatic rings. The van der Waals surface area contributed by atoms with Gasteiger partial charge in [0.25, 0.3) is 0 Å². The van der Waals surface area contributed by atoms with Crippen LogP contribution in [0.25, 0.3) is 0 Å². The van der Waals surface area contributed by atoms with E-state index in [4.69, 9.17) is 0 Å². The molecule has 2 aromatic rings. The van der Waals surface area contributed by atoms with E-state index in [1.165, 1.54) is 21.8 Å². The van der Waals surface area contributed by atoms with Crippen molar-refractivity contribution in [3.8, 4) is 0 Å². The van der Waals surface area contributed by atoms with Gasteiger partial charge >= 0.3 is 0 Å². The summed E-state index contributed by atoms with van der Waals surface area (Å²) in [6.45, 7) is 7.16. The predicted molar refractivity (Wildman–Crippen MR) is 78.1 cm³/mol. The van der Waals surface area contributed by atoms with Crippen molar-refractivity contribution in [1.29, 1.82) is 0 Å². The van der Waals surface area contributed by atoms with Crippen LogP contribution in [0.5, 0.6) is 0 Å². The zero-order valence-corrected chi connectivity index (χ0v) is 12.6. The van der Waals surface area contributed by atoms with Gasteiger partial charge in [0.1, 0.15) is 0 Å². The van der Waals surface area contributed by atoms with Crippen molar-refractivity contribution in [2.45, 2.75) is 27.7 Å². The highest BCUT2D eigenvalue weighted by atomic mass is 32.1. The fourth-order valence-corrected chi connectivity index (χ4v) is 2.80. The second-order valence-electron chi connectivity index (χ2n) is 4.01. The average molecular weight is 280 g/mol. The molecule has 0 saturated carbocycles. The van der Waals surface area contributed by atoms with Crippen LogP contribution < -0.4 is 0 Å². The minimum atomic E-state index is 0.160. The van der Waals surface area contributed by atoms with Gasteiger partial charge in [-0.1, -0.05) is 0 Å². The Balaban J connectivity index is 0.000000180. The zero-order valence-electron chi connectivity index (χ0n) is 10.9. The van der Waals surface area contributed by atoms with Crippen LogP contribution in [0.3, 0.4) is 0 Å². The molecule has 0 saturated heterocycles. The van der Waals surface area contributed by atoms with Gasteiger partial charge in [-0.25, -0.2) is 0 Å². The summed E-state index contributed by atoms with van der Waals surface area (Å²) in [7, 11) is 0. The van der Waals surface area contributed by atoms with Crippen LogP contribution in [0, 0.1) is 13.8 Å². The summed E-state index contributed by atoms with van der Waals surface area (Å²) >= 11 is 3.05. The van der Waals surface area contributed by atoms with E-state index in [1.807, 2.05) is 37.4 Å². The first-order chi connectivity index (χ1) is 8.40. The molecule has 0 radical (unpaired) electrons. The summed E-state index contributed by atoms with van der Waals surface area (Å²) in [6, 6.07) is 5.73. The first-order valence-corrected chi connectivity index (χ1v) is 7.23. The number of hydrogen-bond donors (Lipinski definition) is 0. The van der Waals surface area contributed by atoms with Crippen LogP contribution in [-0.4, -0.2) is 11.6 Å². The molecule has 2 heterocycles. The van der Waals surface area contributed by atoms with E-state index < -0.39 is 0 Å². The first-order valence-electron chi connectivity index (χ1n) is 5.53. The van der Waals surface area contributed by atoms with Crippen molar-refractivity contribution in [1.82, 2.24) is 0 Å². The molecule has 18 heavy (non-hydrogen) atoms. The average Bonchev–Trinajstić information content (AvgIpc) is 2.88. The Morgan fingerprint density at radius 2 is 1.61 bits per heavy atom. The lowest BCUT2D eigenvalue weighted by Crippen LogP contribution is -1.83. The van der Waals surface area contributed by atoms with Gasteiger partial charge in [-0.05, 0) is 56.8 Å². The maximum Gasteiger partial charge on any atom is 0.169 e. The highest BCUT2D eigenvalue weighted by Crippen LogP contribution is 2.14. The van der Waals surface area contributed by atoms with Crippen molar-refractivity contribution < 1.29 is 9.59 Å². The van der Waals surface area contributed by atoms with Crippen LogP contribution in [0.4, 0.5) is 0 Å². The van der Waals surface area contributed by atoms with Crippen LogP contribution in [0.2, 0.25) is 0 Å². The number of aryl methyl sites for hydroxylation is 2. The lowest BCUT2D eigenvalue weighted by molar-refractivity contribution is 0.101. The number of rotatable bonds is 2. The zero-order chi connectivity index (χ0) is 13.7. The van der Waals surface area contributed by atoms with Gasteiger partial charge in [0.15, 0.2) is 11.6 Å². The van der Waals surface area contributed by atoms with Crippen molar-refractivity contribution in [3.05, 3.63) is 43.8 Å². The summed E-state index contributed by atoms with van der Waals surface area (Å²) in [5.74, 6) is 0.321. The van der Waals surface area contributed by atoms with Gasteiger partial charge in [-0.15, -0.1) is 22.7 Å². The van der Waals surface area contributed by atoms with Gasteiger partial charge in [-0.2, -0.15) is 0 Å². The van der Waals surface area contributed by atoms with E-state index in [2.05, 4.69) is 0 Å². The molecule has 0 aromatic carbocycles. The highest BCUT2D eigenvalue weighted by molar-refractivity contribution is 7.14. The Morgan fingerprint density at radius 1 is 1.00 bits per heavy atom. The van der Waals surface area contributed by atoms with E-state index in [-0.39, 0.29) is 11.6 Å². The molecule has 0 unspecified atom stereocenters. The van der Waals surface area contributed by atoms with Gasteiger partial charge < -0.3 is 0 Å². The lowest BCUT2D eigenvalue weighted by Gasteiger charge is -1.81. The first kappa shape index (κ1) is 14.8. The molecule has 0 bridgehead atoms. The molecule has 4 heteroatoms. The maximum atomic E-state index is 10.7. The van der Waals surface area contributed by atoms with Crippen LogP contribution in [0.1, 0.15) is 43.6 Å². The molecule has 0 aliphatic carbocycles. The summed E-state index contributed by atoms with van der Waals surface area (Å²) in [4.78, 5) is 24.2. The van der Waals surface area contributed by atoms with Crippen LogP contribution in [0.15, 0.2) is 23.6 Å². The smallest absolute Gasteiger partial charge is 0.169 e. The molecule has 96 valence electrons. The number of carbonyl (C=O) groups excluding carboxylic acids is 2. The van der Waals surface area contributed by atoms with E-state index in [1.54, 1.807) is 25.2 Å². The number of hydrogen-bond acceptors (Lipinski definition) is 4. The van der Waals surface area contributed by atoms with Crippen molar-refractivity contribution in [2.24, 2.45) is 0 Å². The van der Waals surface area contributed by atoms with Crippen molar-refractivity contribution in [2.75, 3.05) is 0 Å². The molecule has 0 N–H and O–H groups in total. The minimum absolute atomic E-state index is 0.160. The van der Waals surface area contributed by atoms with Crippen LogP contribution >= 0.6 is 22.7 Å². The monoisotopic (exact) mass is 280 g/mol. The number of carbonyl (C=O) groups is 2. The second kappa shape index (κ2) is 6.61. The number of ketones is 2. The van der Waals surface area contributed by atoms with Gasteiger partial charge in [0, 0.05) is 4.88 Å². The molecule has 2 nitrogen and oxygen atoms in total. The molecule has 0 fully saturated rings. The molecular formula is C14H16O2S2. The Morgan fingerprint density at radius 3 is 1.83 bits per heavy atom. The topological polar surface area (TPSA) is 34.1 Å². The summed E-state index contributed by atoms with van der Waals surface area (Å²) in [5, 5.41) is 1.98. The third-order valence-electron chi connectivity index (χ3n) is 2.16. The largest absolute Gasteiger partial charge is 0.294 e. The SMILES string of the molecule is CC(=O)c1cc(C)cs1.CC(=O)c1ccc(C)s1. The minimum Gasteiger partial charge on any atom is -0.294 e. The molecular weight excluding hydrogens is 264 g/mol. The van der Waals surface area contributed by atoms with Gasteiger partial charge in [0.05, 0.1) is 9.75 Å². The molecule has 0 amide bonds. The third-order valence-corrected chi connectivity index (χ3v) is 4.42. The molecule has 2 aromatic heterocycles. The highest BCUT2D eigenvalue weighted by Gasteiger charge is 2.00. The van der Waals surface area contributed by atoms with E-state index in [0.717, 1.165) is 9.75 Å². The Bertz CT molecular complexity index is 499. The van der Waals surface area contributed by atoms with Gasteiger partial charge in [-0.3, -0.25) is 9.59 Å². The Hall–Kier alpha value is -1.26. The van der Waals surface area contributed by atoms with Crippen molar-refractivity contribution in [3.63, 3.8) is 0 Å². The fraction of sp³-hybridized carbons (Fsp3) is 0.286. The summed E-state index contributed by atoms with van der Waals surface area (Å²) < 4.78 is 0. The van der Waals surface area contributed by atoms with Crippen LogP contribution in [-0.2, 0) is 0 Å². The standard InChI is InChI=1S/2C7H8OS/c1-5-3-7(6(2)8)9-4-5;1-5-3-4-7(9-5)6(2)8/h2*3-4H,1-2H3. The molecule has 0 spiro atoms. The van der Waals surface area contributed by atoms with Crippen molar-refractivity contribution >= 4 is 34.2 Å². The lowest BCUT2D eigenvalue weighted by atomic mass is 10.3. The molecule has 2 rings (SSSR count). The number of Topliss-reactive ketones (excluding diaryl/α,β-unsaturated/α-hetero) is 2.